The molecule has 76 valence electrons. The topological polar surface area (TPSA) is 38.3 Å². The number of alkyl halides is 1. The summed E-state index contributed by atoms with van der Waals surface area (Å²) in [5.41, 5.74) is 0. The molecule has 1 aliphatic heterocycles. The summed E-state index contributed by atoms with van der Waals surface area (Å²) in [7, 11) is 0. The minimum Gasteiger partial charge on any atom is -0.381 e. The smallest absolute Gasteiger partial charge is 0.220 e. The molecule has 4 heteroatoms. The summed E-state index contributed by atoms with van der Waals surface area (Å²) in [6.07, 6.45) is 2.73. The molecule has 0 atom stereocenters. The molecule has 0 unspecified atom stereocenters. The molecule has 0 aromatic heterocycles. The monoisotopic (exact) mass is 249 g/mol. The summed E-state index contributed by atoms with van der Waals surface area (Å²) in [5.74, 6) is 0.761. The first-order chi connectivity index (χ1) is 6.33. The van der Waals surface area contributed by atoms with Gasteiger partial charge in [-0.05, 0) is 18.8 Å². The molecule has 1 saturated heterocycles. The van der Waals surface area contributed by atoms with Gasteiger partial charge in [0.05, 0.1) is 0 Å². The molecule has 1 heterocycles. The van der Waals surface area contributed by atoms with Crippen LogP contribution in [0.2, 0.25) is 0 Å². The third kappa shape index (κ3) is 4.62. The van der Waals surface area contributed by atoms with Crippen LogP contribution in [0.5, 0.6) is 0 Å². The summed E-state index contributed by atoms with van der Waals surface area (Å²) in [4.78, 5) is 11.1. The second-order valence-corrected chi connectivity index (χ2v) is 4.09. The van der Waals surface area contributed by atoms with Crippen LogP contribution in [0.1, 0.15) is 19.3 Å². The van der Waals surface area contributed by atoms with Crippen LogP contribution in [0.4, 0.5) is 0 Å². The average molecular weight is 250 g/mol. The fourth-order valence-electron chi connectivity index (χ4n) is 1.38. The molecule has 0 aliphatic carbocycles. The lowest BCUT2D eigenvalue weighted by Crippen LogP contribution is -2.32. The number of rotatable bonds is 4. The lowest BCUT2D eigenvalue weighted by molar-refractivity contribution is -0.121. The molecule has 3 nitrogen and oxygen atoms in total. The Morgan fingerprint density at radius 1 is 1.46 bits per heavy atom. The molecule has 0 aromatic rings. The Kier molecular flexibility index (Phi) is 5.39. The molecule has 1 fully saturated rings. The normalized spacial score (nSPS) is 18.5. The summed E-state index contributed by atoms with van der Waals surface area (Å²) in [5, 5.41) is 3.67. The summed E-state index contributed by atoms with van der Waals surface area (Å²) >= 11 is 3.24. The fraction of sp³-hybridized carbons (Fsp3) is 0.889. The van der Waals surface area contributed by atoms with Gasteiger partial charge in [0.25, 0.3) is 0 Å². The van der Waals surface area contributed by atoms with E-state index in [9.17, 15) is 4.79 Å². The van der Waals surface area contributed by atoms with Crippen LogP contribution in [0.25, 0.3) is 0 Å². The van der Waals surface area contributed by atoms with Crippen molar-refractivity contribution < 1.29 is 9.53 Å². The summed E-state index contributed by atoms with van der Waals surface area (Å²) < 4.78 is 5.23. The van der Waals surface area contributed by atoms with E-state index in [1.54, 1.807) is 0 Å². The first-order valence-electron chi connectivity index (χ1n) is 4.73. The van der Waals surface area contributed by atoms with Gasteiger partial charge in [-0.25, -0.2) is 0 Å². The van der Waals surface area contributed by atoms with Crippen LogP contribution in [0.3, 0.4) is 0 Å². The van der Waals surface area contributed by atoms with Gasteiger partial charge in [-0.15, -0.1) is 0 Å². The van der Waals surface area contributed by atoms with Crippen LogP contribution < -0.4 is 5.32 Å². The Morgan fingerprint density at radius 3 is 2.77 bits per heavy atom. The van der Waals surface area contributed by atoms with Gasteiger partial charge in [0.2, 0.25) is 5.91 Å². The molecule has 1 N–H and O–H groups in total. The number of carbonyl (C=O) groups excluding carboxylic acids is 1. The highest BCUT2D eigenvalue weighted by molar-refractivity contribution is 9.09. The van der Waals surface area contributed by atoms with Crippen LogP contribution in [-0.4, -0.2) is 31.0 Å². The SMILES string of the molecule is O=C(CCBr)NCC1CCOCC1. The zero-order valence-corrected chi connectivity index (χ0v) is 9.31. The standard InChI is InChI=1S/C9H16BrNO2/c10-4-1-9(12)11-7-8-2-5-13-6-3-8/h8H,1-7H2,(H,11,12). The second-order valence-electron chi connectivity index (χ2n) is 3.30. The molecular formula is C9H16BrNO2. The predicted molar refractivity (Wildman–Crippen MR) is 55.0 cm³/mol. The van der Waals surface area contributed by atoms with E-state index in [2.05, 4.69) is 21.2 Å². The van der Waals surface area contributed by atoms with E-state index in [1.165, 1.54) is 0 Å². The number of amides is 1. The Hall–Kier alpha value is -0.0900. The Bertz CT molecular complexity index is 158. The maximum atomic E-state index is 11.1. The van der Waals surface area contributed by atoms with Crippen molar-refractivity contribution in [2.75, 3.05) is 25.1 Å². The first kappa shape index (κ1) is 11.0. The molecule has 0 saturated carbocycles. The molecule has 1 amide bonds. The third-order valence-electron chi connectivity index (χ3n) is 2.25. The molecule has 13 heavy (non-hydrogen) atoms. The van der Waals surface area contributed by atoms with Gasteiger partial charge < -0.3 is 10.1 Å². The maximum absolute atomic E-state index is 11.1. The molecule has 1 aliphatic rings. The predicted octanol–water partition coefficient (Wildman–Crippen LogP) is 1.31. The van der Waals surface area contributed by atoms with Crippen molar-refractivity contribution >= 4 is 21.8 Å². The number of hydrogen-bond acceptors (Lipinski definition) is 2. The van der Waals surface area contributed by atoms with Gasteiger partial charge >= 0.3 is 0 Å². The van der Waals surface area contributed by atoms with Crippen molar-refractivity contribution in [3.05, 3.63) is 0 Å². The molecule has 1 rings (SSSR count). The third-order valence-corrected chi connectivity index (χ3v) is 2.65. The fourth-order valence-corrected chi connectivity index (χ4v) is 1.74. The van der Waals surface area contributed by atoms with Crippen LogP contribution in [0.15, 0.2) is 0 Å². The van der Waals surface area contributed by atoms with Crippen molar-refractivity contribution in [2.45, 2.75) is 19.3 Å². The molecule has 0 aromatic carbocycles. The van der Waals surface area contributed by atoms with Crippen molar-refractivity contribution in [3.63, 3.8) is 0 Å². The zero-order valence-electron chi connectivity index (χ0n) is 7.72. The number of hydrogen-bond donors (Lipinski definition) is 1. The van der Waals surface area contributed by atoms with E-state index in [0.717, 1.165) is 37.9 Å². The molecule has 0 spiro atoms. The lowest BCUT2D eigenvalue weighted by atomic mass is 10.0. The van der Waals surface area contributed by atoms with Gasteiger partial charge in [0.1, 0.15) is 0 Å². The minimum atomic E-state index is 0.142. The molecule has 0 radical (unpaired) electrons. The molecule has 0 bridgehead atoms. The van der Waals surface area contributed by atoms with Gasteiger partial charge in [-0.2, -0.15) is 0 Å². The van der Waals surface area contributed by atoms with Crippen molar-refractivity contribution in [3.8, 4) is 0 Å². The minimum absolute atomic E-state index is 0.142. The number of halogens is 1. The lowest BCUT2D eigenvalue weighted by Gasteiger charge is -2.22. The Balaban J connectivity index is 2.06. The van der Waals surface area contributed by atoms with E-state index >= 15 is 0 Å². The summed E-state index contributed by atoms with van der Waals surface area (Å²) in [6, 6.07) is 0. The maximum Gasteiger partial charge on any atom is 0.220 e. The largest absolute Gasteiger partial charge is 0.381 e. The number of ether oxygens (including phenoxy) is 1. The van der Waals surface area contributed by atoms with E-state index in [4.69, 9.17) is 4.74 Å². The number of carbonyl (C=O) groups is 1. The highest BCUT2D eigenvalue weighted by atomic mass is 79.9. The van der Waals surface area contributed by atoms with Gasteiger partial charge in [-0.1, -0.05) is 15.9 Å². The van der Waals surface area contributed by atoms with Crippen LogP contribution >= 0.6 is 15.9 Å². The Labute approximate surface area is 87.3 Å². The average Bonchev–Trinajstić information content (AvgIpc) is 2.17. The van der Waals surface area contributed by atoms with Crippen molar-refractivity contribution in [1.29, 1.82) is 0 Å². The van der Waals surface area contributed by atoms with Crippen molar-refractivity contribution in [2.24, 2.45) is 5.92 Å². The Morgan fingerprint density at radius 2 is 2.15 bits per heavy atom. The zero-order chi connectivity index (χ0) is 9.52. The van der Waals surface area contributed by atoms with Crippen LogP contribution in [0, 0.1) is 5.92 Å². The summed E-state index contributed by atoms with van der Waals surface area (Å²) in [6.45, 7) is 2.51. The molecular weight excluding hydrogens is 234 g/mol. The first-order valence-corrected chi connectivity index (χ1v) is 5.85. The van der Waals surface area contributed by atoms with E-state index in [1.807, 2.05) is 0 Å². The van der Waals surface area contributed by atoms with Gasteiger partial charge in [0.15, 0.2) is 0 Å². The quantitative estimate of drug-likeness (QED) is 0.764. The van der Waals surface area contributed by atoms with Gasteiger partial charge in [0, 0.05) is 31.5 Å². The highest BCUT2D eigenvalue weighted by Gasteiger charge is 2.13. The van der Waals surface area contributed by atoms with E-state index in [0.29, 0.717) is 12.3 Å². The second kappa shape index (κ2) is 6.38. The van der Waals surface area contributed by atoms with E-state index < -0.39 is 0 Å². The van der Waals surface area contributed by atoms with Crippen molar-refractivity contribution in [1.82, 2.24) is 5.32 Å². The van der Waals surface area contributed by atoms with Crippen LogP contribution in [-0.2, 0) is 9.53 Å². The van der Waals surface area contributed by atoms with Gasteiger partial charge in [-0.3, -0.25) is 4.79 Å². The number of nitrogens with one attached hydrogen (secondary N) is 1. The highest BCUT2D eigenvalue weighted by Crippen LogP contribution is 2.13. The van der Waals surface area contributed by atoms with E-state index in [-0.39, 0.29) is 5.91 Å².